The number of hydrogen-bond acceptors (Lipinski definition) is 0. The molecule has 1 atom stereocenters. The minimum absolute atomic E-state index is 0.00589. The quantitative estimate of drug-likeness (QED) is 0.537. The normalized spacial score (nSPS) is 14.8. The van der Waals surface area contributed by atoms with Gasteiger partial charge in [-0.05, 0) is 26.2 Å². The van der Waals surface area contributed by atoms with Gasteiger partial charge in [0.2, 0.25) is 0 Å². The van der Waals surface area contributed by atoms with Gasteiger partial charge in [-0.2, -0.15) is 0 Å². The molecule has 12 heavy (non-hydrogen) atoms. The molecule has 0 rings (SSSR count). The van der Waals surface area contributed by atoms with Gasteiger partial charge in [-0.3, -0.25) is 0 Å². The fourth-order valence-corrected chi connectivity index (χ4v) is 1.64. The van der Waals surface area contributed by atoms with Crippen molar-refractivity contribution in [2.75, 3.05) is 0 Å². The van der Waals surface area contributed by atoms with E-state index in [1.165, 1.54) is 25.7 Å². The van der Waals surface area contributed by atoms with Gasteiger partial charge in [0.25, 0.3) is 0 Å². The molecular formula is C11H23Cl. The Bertz CT molecular complexity index is 102. The van der Waals surface area contributed by atoms with Crippen LogP contribution in [0, 0.1) is 5.92 Å². The summed E-state index contributed by atoms with van der Waals surface area (Å²) in [5.41, 5.74) is 0. The molecule has 0 saturated carbocycles. The third-order valence-corrected chi connectivity index (χ3v) is 2.44. The lowest BCUT2D eigenvalue weighted by molar-refractivity contribution is 0.442. The van der Waals surface area contributed by atoms with E-state index in [1.807, 2.05) is 0 Å². The Balaban J connectivity index is 3.31. The second-order valence-electron chi connectivity index (χ2n) is 4.50. The summed E-state index contributed by atoms with van der Waals surface area (Å²) in [6.07, 6.45) is 6.43. The molecule has 0 aliphatic rings. The highest BCUT2D eigenvalue weighted by molar-refractivity contribution is 6.23. The molecule has 0 spiro atoms. The molecular weight excluding hydrogens is 168 g/mol. The van der Waals surface area contributed by atoms with E-state index in [4.69, 9.17) is 11.6 Å². The molecule has 0 fully saturated rings. The molecule has 0 radical (unpaired) electrons. The van der Waals surface area contributed by atoms with Crippen molar-refractivity contribution >= 4 is 11.6 Å². The third-order valence-electron chi connectivity index (χ3n) is 2.25. The molecule has 0 nitrogen and oxygen atoms in total. The summed E-state index contributed by atoms with van der Waals surface area (Å²) in [6, 6.07) is 0. The lowest BCUT2D eigenvalue weighted by Crippen LogP contribution is -2.10. The summed E-state index contributed by atoms with van der Waals surface area (Å²) in [5.74, 6) is 0.883. The van der Waals surface area contributed by atoms with Crippen molar-refractivity contribution in [1.29, 1.82) is 0 Å². The molecule has 0 aromatic rings. The van der Waals surface area contributed by atoms with Gasteiger partial charge in [-0.15, -0.1) is 11.6 Å². The second kappa shape index (κ2) is 5.85. The van der Waals surface area contributed by atoms with Gasteiger partial charge in [0, 0.05) is 4.87 Å². The zero-order chi connectivity index (χ0) is 9.61. The zero-order valence-corrected chi connectivity index (χ0v) is 9.75. The van der Waals surface area contributed by atoms with Crippen molar-refractivity contribution in [3.8, 4) is 0 Å². The van der Waals surface area contributed by atoms with Crippen LogP contribution in [0.2, 0.25) is 0 Å². The van der Waals surface area contributed by atoms with Gasteiger partial charge < -0.3 is 0 Å². The van der Waals surface area contributed by atoms with Crippen LogP contribution in [-0.2, 0) is 0 Å². The van der Waals surface area contributed by atoms with E-state index >= 15 is 0 Å². The van der Waals surface area contributed by atoms with Crippen LogP contribution in [-0.4, -0.2) is 4.87 Å². The van der Waals surface area contributed by atoms with E-state index in [0.29, 0.717) is 0 Å². The molecule has 0 aromatic carbocycles. The molecule has 1 heteroatoms. The Morgan fingerprint density at radius 2 is 1.83 bits per heavy atom. The van der Waals surface area contributed by atoms with Gasteiger partial charge >= 0.3 is 0 Å². The van der Waals surface area contributed by atoms with Crippen LogP contribution in [0.25, 0.3) is 0 Å². The molecule has 0 saturated heterocycles. The first-order valence-electron chi connectivity index (χ1n) is 5.14. The van der Waals surface area contributed by atoms with Crippen molar-refractivity contribution in [2.24, 2.45) is 5.92 Å². The third kappa shape index (κ3) is 8.39. The monoisotopic (exact) mass is 190 g/mol. The van der Waals surface area contributed by atoms with Crippen LogP contribution < -0.4 is 0 Å². The van der Waals surface area contributed by atoms with Gasteiger partial charge in [-0.1, -0.05) is 39.5 Å². The SMILES string of the molecule is CCCC(C)CCCC(C)(C)Cl. The molecule has 1 unspecified atom stereocenters. The van der Waals surface area contributed by atoms with Crippen LogP contribution >= 0.6 is 11.6 Å². The summed E-state index contributed by atoms with van der Waals surface area (Å²) >= 11 is 6.09. The molecule has 0 heterocycles. The van der Waals surface area contributed by atoms with Crippen LogP contribution in [0.5, 0.6) is 0 Å². The predicted octanol–water partition coefficient (Wildman–Crippen LogP) is 4.61. The highest BCUT2D eigenvalue weighted by atomic mass is 35.5. The summed E-state index contributed by atoms with van der Waals surface area (Å²) < 4.78 is 0. The van der Waals surface area contributed by atoms with Crippen molar-refractivity contribution in [3.63, 3.8) is 0 Å². The lowest BCUT2D eigenvalue weighted by Gasteiger charge is -2.16. The van der Waals surface area contributed by atoms with Crippen LogP contribution in [0.15, 0.2) is 0 Å². The minimum Gasteiger partial charge on any atom is -0.120 e. The topological polar surface area (TPSA) is 0 Å². The van der Waals surface area contributed by atoms with E-state index in [9.17, 15) is 0 Å². The number of halogens is 1. The molecule has 0 aromatic heterocycles. The molecule has 74 valence electrons. The fourth-order valence-electron chi connectivity index (χ4n) is 1.51. The first-order valence-corrected chi connectivity index (χ1v) is 5.52. The Kier molecular flexibility index (Phi) is 6.00. The maximum atomic E-state index is 6.09. The number of rotatable bonds is 6. The summed E-state index contributed by atoms with van der Waals surface area (Å²) in [7, 11) is 0. The average molecular weight is 191 g/mol. The maximum absolute atomic E-state index is 6.09. The van der Waals surface area contributed by atoms with E-state index in [2.05, 4.69) is 27.7 Å². The van der Waals surface area contributed by atoms with E-state index in [1.54, 1.807) is 0 Å². The van der Waals surface area contributed by atoms with E-state index in [-0.39, 0.29) is 4.87 Å². The van der Waals surface area contributed by atoms with Gasteiger partial charge in [0.1, 0.15) is 0 Å². The molecule has 0 bridgehead atoms. The summed E-state index contributed by atoms with van der Waals surface area (Å²) in [4.78, 5) is 0.00589. The van der Waals surface area contributed by atoms with Crippen molar-refractivity contribution in [3.05, 3.63) is 0 Å². The highest BCUT2D eigenvalue weighted by Gasteiger charge is 2.12. The van der Waals surface area contributed by atoms with Crippen LogP contribution in [0.1, 0.15) is 59.8 Å². The number of hydrogen-bond donors (Lipinski definition) is 0. The van der Waals surface area contributed by atoms with E-state index < -0.39 is 0 Å². The van der Waals surface area contributed by atoms with Crippen molar-refractivity contribution in [2.45, 2.75) is 64.7 Å². The zero-order valence-electron chi connectivity index (χ0n) is 8.99. The molecule has 0 amide bonds. The summed E-state index contributed by atoms with van der Waals surface area (Å²) in [6.45, 7) is 8.78. The van der Waals surface area contributed by atoms with Gasteiger partial charge in [0.15, 0.2) is 0 Å². The largest absolute Gasteiger partial charge is 0.120 e. The maximum Gasteiger partial charge on any atom is 0.0390 e. The first-order chi connectivity index (χ1) is 5.45. The molecule has 0 aliphatic carbocycles. The minimum atomic E-state index is 0.00589. The van der Waals surface area contributed by atoms with Gasteiger partial charge in [0.05, 0.1) is 0 Å². The standard InChI is InChI=1S/C11H23Cl/c1-5-7-10(2)8-6-9-11(3,4)12/h10H,5-9H2,1-4H3. The second-order valence-corrected chi connectivity index (χ2v) is 5.53. The Hall–Kier alpha value is 0.290. The average Bonchev–Trinajstić information content (AvgIpc) is 1.84. The molecule has 0 aliphatic heterocycles. The Morgan fingerprint density at radius 3 is 2.25 bits per heavy atom. The highest BCUT2D eigenvalue weighted by Crippen LogP contribution is 2.23. The predicted molar refractivity (Wildman–Crippen MR) is 57.9 cm³/mol. The number of alkyl halides is 1. The van der Waals surface area contributed by atoms with Gasteiger partial charge in [-0.25, -0.2) is 0 Å². The van der Waals surface area contributed by atoms with Crippen molar-refractivity contribution < 1.29 is 0 Å². The lowest BCUT2D eigenvalue weighted by atomic mass is 9.96. The van der Waals surface area contributed by atoms with Crippen LogP contribution in [0.3, 0.4) is 0 Å². The summed E-state index contributed by atoms with van der Waals surface area (Å²) in [5, 5.41) is 0. The van der Waals surface area contributed by atoms with Crippen LogP contribution in [0.4, 0.5) is 0 Å². The Morgan fingerprint density at radius 1 is 1.25 bits per heavy atom. The first kappa shape index (κ1) is 12.3. The fraction of sp³-hybridized carbons (Fsp3) is 1.00. The van der Waals surface area contributed by atoms with Crippen molar-refractivity contribution in [1.82, 2.24) is 0 Å². The smallest absolute Gasteiger partial charge is 0.0390 e. The molecule has 0 N–H and O–H groups in total. The van der Waals surface area contributed by atoms with E-state index in [0.717, 1.165) is 12.3 Å². The Labute approximate surface area is 82.7 Å².